The van der Waals surface area contributed by atoms with Crippen molar-refractivity contribution in [2.75, 3.05) is 18.0 Å². The van der Waals surface area contributed by atoms with E-state index < -0.39 is 0 Å². The Morgan fingerprint density at radius 2 is 1.89 bits per heavy atom. The topological polar surface area (TPSA) is 29.3 Å². The largest absolute Gasteiger partial charge is 0.371 e. The molecule has 0 atom stereocenters. The summed E-state index contributed by atoms with van der Waals surface area (Å²) in [6.45, 7) is 2.83. The Bertz CT molecular complexity index is 589. The Morgan fingerprint density at radius 1 is 1.11 bits per heavy atom. The normalized spacial score (nSPS) is 16.0. The molecule has 2 aromatic carbocycles. The highest BCUT2D eigenvalue weighted by atomic mass is 35.5. The summed E-state index contributed by atoms with van der Waals surface area (Å²) in [5.74, 6) is 0. The third-order valence-electron chi connectivity index (χ3n) is 3.94. The van der Waals surface area contributed by atoms with E-state index in [1.807, 2.05) is 12.1 Å². The van der Waals surface area contributed by atoms with Crippen LogP contribution in [0.25, 0.3) is 10.8 Å². The summed E-state index contributed by atoms with van der Waals surface area (Å²) in [5, 5.41) is 3.12. The average molecular weight is 275 g/mol. The van der Waals surface area contributed by atoms with Crippen molar-refractivity contribution in [1.82, 2.24) is 0 Å². The molecule has 3 heteroatoms. The van der Waals surface area contributed by atoms with E-state index in [1.165, 1.54) is 35.9 Å². The Labute approximate surface area is 119 Å². The molecule has 0 amide bonds. The van der Waals surface area contributed by atoms with Gasteiger partial charge in [0.25, 0.3) is 0 Å². The van der Waals surface area contributed by atoms with Crippen LogP contribution in [0.2, 0.25) is 5.02 Å². The van der Waals surface area contributed by atoms with Gasteiger partial charge in [-0.2, -0.15) is 0 Å². The van der Waals surface area contributed by atoms with E-state index in [2.05, 4.69) is 23.1 Å². The molecule has 1 aliphatic rings. The fourth-order valence-corrected chi connectivity index (χ4v) is 3.15. The number of nitrogens with two attached hydrogens (primary N) is 1. The first-order valence-corrected chi connectivity index (χ1v) is 7.33. The number of hydrogen-bond donors (Lipinski definition) is 1. The first kappa shape index (κ1) is 12.8. The lowest BCUT2D eigenvalue weighted by molar-refractivity contribution is 0.576. The first-order valence-electron chi connectivity index (χ1n) is 6.96. The molecule has 100 valence electrons. The van der Waals surface area contributed by atoms with E-state index >= 15 is 0 Å². The molecule has 0 aliphatic carbocycles. The summed E-state index contributed by atoms with van der Waals surface area (Å²) >= 11 is 6.31. The van der Waals surface area contributed by atoms with E-state index in [4.69, 9.17) is 17.3 Å². The fourth-order valence-electron chi connectivity index (χ4n) is 2.92. The van der Waals surface area contributed by atoms with Crippen molar-refractivity contribution in [2.24, 2.45) is 5.73 Å². The second-order valence-electron chi connectivity index (χ2n) is 5.19. The van der Waals surface area contributed by atoms with Crippen molar-refractivity contribution in [1.29, 1.82) is 0 Å². The number of anilines is 1. The third-order valence-corrected chi connectivity index (χ3v) is 4.27. The number of halogens is 1. The molecule has 0 aromatic heterocycles. The maximum Gasteiger partial charge on any atom is 0.0485 e. The maximum atomic E-state index is 6.31. The molecule has 0 radical (unpaired) electrons. The summed E-state index contributed by atoms with van der Waals surface area (Å²) in [6, 6.07) is 10.4. The quantitative estimate of drug-likeness (QED) is 0.899. The number of rotatable bonds is 2. The molecule has 1 saturated heterocycles. The van der Waals surface area contributed by atoms with E-state index in [0.717, 1.165) is 23.5 Å². The van der Waals surface area contributed by atoms with Gasteiger partial charge >= 0.3 is 0 Å². The van der Waals surface area contributed by atoms with Crippen LogP contribution in [0.1, 0.15) is 24.8 Å². The SMILES string of the molecule is NCc1cc2cccc(Cl)c2cc1N1CCCCC1. The minimum atomic E-state index is 0.578. The molecule has 1 fully saturated rings. The van der Waals surface area contributed by atoms with Gasteiger partial charge in [0.05, 0.1) is 0 Å². The predicted molar refractivity (Wildman–Crippen MR) is 82.9 cm³/mol. The second kappa shape index (κ2) is 5.40. The van der Waals surface area contributed by atoms with Gasteiger partial charge in [-0.3, -0.25) is 0 Å². The van der Waals surface area contributed by atoms with Gasteiger partial charge in [-0.1, -0.05) is 23.7 Å². The molecule has 2 nitrogen and oxygen atoms in total. The van der Waals surface area contributed by atoms with Gasteiger partial charge in [0.15, 0.2) is 0 Å². The molecule has 19 heavy (non-hydrogen) atoms. The average Bonchev–Trinajstić information content (AvgIpc) is 2.47. The maximum absolute atomic E-state index is 6.31. The molecule has 0 spiro atoms. The highest BCUT2D eigenvalue weighted by Gasteiger charge is 2.15. The highest BCUT2D eigenvalue weighted by Crippen LogP contribution is 2.32. The molecule has 2 N–H and O–H groups in total. The number of hydrogen-bond acceptors (Lipinski definition) is 2. The molecule has 0 bridgehead atoms. The van der Waals surface area contributed by atoms with Crippen LogP contribution < -0.4 is 10.6 Å². The van der Waals surface area contributed by atoms with Crippen molar-refractivity contribution in [3.63, 3.8) is 0 Å². The Hall–Kier alpha value is -1.25. The number of fused-ring (bicyclic) bond motifs is 1. The number of piperidine rings is 1. The van der Waals surface area contributed by atoms with Gasteiger partial charge in [0.1, 0.15) is 0 Å². The molecule has 1 aliphatic heterocycles. The summed E-state index contributed by atoms with van der Waals surface area (Å²) in [5.41, 5.74) is 8.41. The van der Waals surface area contributed by atoms with E-state index in [9.17, 15) is 0 Å². The van der Waals surface area contributed by atoms with Crippen LogP contribution >= 0.6 is 11.6 Å². The summed E-state index contributed by atoms with van der Waals surface area (Å²) in [6.07, 6.45) is 3.87. The van der Waals surface area contributed by atoms with Crippen LogP contribution in [0.5, 0.6) is 0 Å². The van der Waals surface area contributed by atoms with Gasteiger partial charge in [-0.25, -0.2) is 0 Å². The van der Waals surface area contributed by atoms with Gasteiger partial charge in [0.2, 0.25) is 0 Å². The fraction of sp³-hybridized carbons (Fsp3) is 0.375. The van der Waals surface area contributed by atoms with Crippen LogP contribution in [-0.2, 0) is 6.54 Å². The molecule has 3 rings (SSSR count). The zero-order valence-corrected chi connectivity index (χ0v) is 11.8. The standard InChI is InChI=1S/C16H19ClN2/c17-15-6-4-5-12-9-13(11-18)16(10-14(12)15)19-7-2-1-3-8-19/h4-6,9-10H,1-3,7-8,11,18H2. The Kier molecular flexibility index (Phi) is 3.63. The van der Waals surface area contributed by atoms with Crippen molar-refractivity contribution in [3.05, 3.63) is 40.9 Å². The molecular formula is C16H19ClN2. The smallest absolute Gasteiger partial charge is 0.0485 e. The zero-order valence-electron chi connectivity index (χ0n) is 11.0. The molecule has 1 heterocycles. The predicted octanol–water partition coefficient (Wildman–Crippen LogP) is 3.94. The summed E-state index contributed by atoms with van der Waals surface area (Å²) in [7, 11) is 0. The highest BCUT2D eigenvalue weighted by molar-refractivity contribution is 6.35. The van der Waals surface area contributed by atoms with Crippen molar-refractivity contribution in [2.45, 2.75) is 25.8 Å². The van der Waals surface area contributed by atoms with Crippen LogP contribution in [0, 0.1) is 0 Å². The van der Waals surface area contributed by atoms with Crippen LogP contribution in [-0.4, -0.2) is 13.1 Å². The zero-order chi connectivity index (χ0) is 13.2. The Morgan fingerprint density at radius 3 is 2.63 bits per heavy atom. The molecular weight excluding hydrogens is 256 g/mol. The van der Waals surface area contributed by atoms with E-state index in [0.29, 0.717) is 6.54 Å². The second-order valence-corrected chi connectivity index (χ2v) is 5.60. The molecule has 2 aromatic rings. The van der Waals surface area contributed by atoms with Gasteiger partial charge in [-0.15, -0.1) is 0 Å². The van der Waals surface area contributed by atoms with E-state index in [-0.39, 0.29) is 0 Å². The monoisotopic (exact) mass is 274 g/mol. The molecule has 0 saturated carbocycles. The van der Waals surface area contributed by atoms with Crippen molar-refractivity contribution < 1.29 is 0 Å². The van der Waals surface area contributed by atoms with E-state index in [1.54, 1.807) is 0 Å². The van der Waals surface area contributed by atoms with Crippen LogP contribution in [0.3, 0.4) is 0 Å². The lowest BCUT2D eigenvalue weighted by Gasteiger charge is -2.31. The van der Waals surface area contributed by atoms with Crippen molar-refractivity contribution in [3.8, 4) is 0 Å². The lowest BCUT2D eigenvalue weighted by atomic mass is 10.0. The number of nitrogens with zero attached hydrogens (tertiary/aromatic N) is 1. The third kappa shape index (κ3) is 2.43. The van der Waals surface area contributed by atoms with Crippen LogP contribution in [0.4, 0.5) is 5.69 Å². The van der Waals surface area contributed by atoms with Crippen molar-refractivity contribution >= 4 is 28.1 Å². The minimum absolute atomic E-state index is 0.578. The van der Waals surface area contributed by atoms with Crippen LogP contribution in [0.15, 0.2) is 30.3 Å². The lowest BCUT2D eigenvalue weighted by Crippen LogP contribution is -2.30. The van der Waals surface area contributed by atoms with Gasteiger partial charge in [-0.05, 0) is 48.4 Å². The first-order chi connectivity index (χ1) is 9.29. The molecule has 0 unspecified atom stereocenters. The summed E-state index contributed by atoms with van der Waals surface area (Å²) in [4.78, 5) is 2.45. The van der Waals surface area contributed by atoms with Gasteiger partial charge in [0, 0.05) is 35.7 Å². The Balaban J connectivity index is 2.13. The summed E-state index contributed by atoms with van der Waals surface area (Å²) < 4.78 is 0. The van der Waals surface area contributed by atoms with Gasteiger partial charge < -0.3 is 10.6 Å². The minimum Gasteiger partial charge on any atom is -0.371 e. The number of benzene rings is 2.